The third kappa shape index (κ3) is 6.27. The van der Waals surface area contributed by atoms with Gasteiger partial charge in [-0.1, -0.05) is 169 Å². The fourth-order valence-electron chi connectivity index (χ4n) is 13.8. The Balaban J connectivity index is 0.972. The number of allylic oxidation sites excluding steroid dienone is 1. The van der Waals surface area contributed by atoms with Crippen molar-refractivity contribution in [3.8, 4) is 83.7 Å². The SMILES string of the molecule is C=C1[n+]2ccccc2-c2cc(-c3ccc4c(c3)c3ccc(-c5ccc6c(c5)-c5cc7c(cc5C6(C)C)-c5ccccc5C7(C)C)cc3n4-c3cc(-c4ccccc4)cc(-c4ccccc4)c3)ccc2C1(CC)CC. The number of nitrogens with zero attached hydrogens (tertiary/aromatic N) is 2. The normalized spacial score (nSPS) is 15.1. The van der Waals surface area contributed by atoms with Gasteiger partial charge in [0.1, 0.15) is 0 Å². The third-order valence-corrected chi connectivity index (χ3v) is 17.9. The van der Waals surface area contributed by atoms with Gasteiger partial charge < -0.3 is 4.57 Å². The van der Waals surface area contributed by atoms with Crippen molar-refractivity contribution in [2.75, 3.05) is 0 Å². The number of hydrogen-bond donors (Lipinski definition) is 0. The van der Waals surface area contributed by atoms with Crippen molar-refractivity contribution in [1.29, 1.82) is 0 Å². The van der Waals surface area contributed by atoms with E-state index in [4.69, 9.17) is 6.58 Å². The van der Waals surface area contributed by atoms with Crippen LogP contribution in [0, 0.1) is 0 Å². The van der Waals surface area contributed by atoms with E-state index in [1.165, 1.54) is 128 Å². The van der Waals surface area contributed by atoms with E-state index < -0.39 is 0 Å². The summed E-state index contributed by atoms with van der Waals surface area (Å²) in [5.41, 5.74) is 28.9. The van der Waals surface area contributed by atoms with Crippen molar-refractivity contribution in [3.05, 3.63) is 247 Å². The highest BCUT2D eigenvalue weighted by molar-refractivity contribution is 6.12. The molecule has 0 unspecified atom stereocenters. The molecule has 0 fully saturated rings. The van der Waals surface area contributed by atoms with Crippen LogP contribution in [0.25, 0.3) is 111 Å². The first kappa shape index (κ1) is 44.4. The summed E-state index contributed by atoms with van der Waals surface area (Å²) in [4.78, 5) is 0. The molecule has 356 valence electrons. The van der Waals surface area contributed by atoms with Crippen molar-refractivity contribution >= 4 is 27.5 Å². The van der Waals surface area contributed by atoms with Crippen LogP contribution in [0.3, 0.4) is 0 Å². The second kappa shape index (κ2) is 16.1. The van der Waals surface area contributed by atoms with Crippen molar-refractivity contribution in [2.45, 2.75) is 70.6 Å². The fraction of sp³-hybridized carbons (Fsp3) is 0.153. The Kier molecular flexibility index (Phi) is 9.65. The fourth-order valence-corrected chi connectivity index (χ4v) is 13.8. The maximum atomic E-state index is 4.70. The maximum Gasteiger partial charge on any atom is 0.218 e. The van der Waals surface area contributed by atoms with E-state index in [0.717, 1.165) is 24.2 Å². The van der Waals surface area contributed by atoms with E-state index in [-0.39, 0.29) is 16.2 Å². The molecule has 74 heavy (non-hydrogen) atoms. The lowest BCUT2D eigenvalue weighted by Crippen LogP contribution is -2.48. The van der Waals surface area contributed by atoms with E-state index in [1.54, 1.807) is 0 Å². The molecule has 0 bridgehead atoms. The van der Waals surface area contributed by atoms with Gasteiger partial charge in [-0.2, -0.15) is 4.57 Å². The number of pyridine rings is 1. The van der Waals surface area contributed by atoms with E-state index in [0.29, 0.717) is 0 Å². The number of hydrogen-bond acceptors (Lipinski definition) is 0. The Morgan fingerprint density at radius 1 is 0.378 bits per heavy atom. The third-order valence-electron chi connectivity index (χ3n) is 17.9. The van der Waals surface area contributed by atoms with Crippen LogP contribution in [0.2, 0.25) is 0 Å². The Bertz CT molecular complexity index is 4100. The predicted molar refractivity (Wildman–Crippen MR) is 311 cm³/mol. The summed E-state index contributed by atoms with van der Waals surface area (Å²) in [6, 6.07) is 78.1. The maximum absolute atomic E-state index is 4.70. The van der Waals surface area contributed by atoms with E-state index >= 15 is 0 Å². The van der Waals surface area contributed by atoms with Gasteiger partial charge in [0.05, 0.1) is 22.0 Å². The van der Waals surface area contributed by atoms with Crippen molar-refractivity contribution in [3.63, 3.8) is 0 Å². The second-order valence-electron chi connectivity index (χ2n) is 22.3. The molecule has 9 aromatic carbocycles. The van der Waals surface area contributed by atoms with Crippen LogP contribution in [0.1, 0.15) is 82.2 Å². The molecule has 1 aliphatic heterocycles. The number of benzene rings is 9. The topological polar surface area (TPSA) is 8.81 Å². The van der Waals surface area contributed by atoms with Gasteiger partial charge in [0.15, 0.2) is 11.9 Å². The second-order valence-corrected chi connectivity index (χ2v) is 22.3. The summed E-state index contributed by atoms with van der Waals surface area (Å²) in [5, 5.41) is 2.46. The Morgan fingerprint density at radius 3 is 1.58 bits per heavy atom. The zero-order valence-electron chi connectivity index (χ0n) is 43.2. The standard InChI is InChI=1S/C72H59N2/c1-8-72(9-2)45(3)73-35-19-18-26-67(73)61-41-49(29-33-64(61)72)50-30-34-68-60(40-50)56-31-27-51(42-69(56)74(68)54-37-52(46-20-12-10-13-21-46)36-53(38-54)47-22-14-11-15-23-47)48-28-32-63-57(39-48)59-44-65-58(43-66(59)71(63,6)7)55-24-16-17-25-62(55)70(65,4)5/h10-44H,3,8-9H2,1-2,4-7H3/q+1. The molecule has 0 radical (unpaired) electrons. The summed E-state index contributed by atoms with van der Waals surface area (Å²) in [7, 11) is 0. The van der Waals surface area contributed by atoms with E-state index in [9.17, 15) is 0 Å². The van der Waals surface area contributed by atoms with Gasteiger partial charge in [0.25, 0.3) is 0 Å². The molecule has 2 aromatic heterocycles. The number of rotatable bonds is 7. The molecule has 0 saturated heterocycles. The Hall–Kier alpha value is -8.33. The average molecular weight is 952 g/mol. The van der Waals surface area contributed by atoms with Crippen LogP contribution in [0.4, 0.5) is 0 Å². The molecule has 2 heteroatoms. The molecule has 0 spiro atoms. The quantitative estimate of drug-likeness (QED) is 0.141. The van der Waals surface area contributed by atoms with Gasteiger partial charge in [0, 0.05) is 39.4 Å². The molecule has 2 nitrogen and oxygen atoms in total. The van der Waals surface area contributed by atoms with E-state index in [2.05, 4.69) is 263 Å². The lowest BCUT2D eigenvalue weighted by atomic mass is 9.68. The van der Waals surface area contributed by atoms with Crippen molar-refractivity contribution in [2.24, 2.45) is 0 Å². The summed E-state index contributed by atoms with van der Waals surface area (Å²) >= 11 is 0. The van der Waals surface area contributed by atoms with Crippen molar-refractivity contribution < 1.29 is 4.57 Å². The molecule has 0 atom stereocenters. The first-order chi connectivity index (χ1) is 36.0. The molecule has 3 heterocycles. The lowest BCUT2D eigenvalue weighted by molar-refractivity contribution is -0.577. The van der Waals surface area contributed by atoms with E-state index in [1.807, 2.05) is 0 Å². The minimum absolute atomic E-state index is 0.0715. The first-order valence-electron chi connectivity index (χ1n) is 26.6. The summed E-state index contributed by atoms with van der Waals surface area (Å²) in [6.45, 7) is 18.9. The zero-order valence-corrected chi connectivity index (χ0v) is 43.2. The van der Waals surface area contributed by atoms with Gasteiger partial charge in [-0.05, 0) is 181 Å². The zero-order chi connectivity index (χ0) is 50.3. The van der Waals surface area contributed by atoms with Crippen LogP contribution in [0.15, 0.2) is 219 Å². The smallest absolute Gasteiger partial charge is 0.218 e. The monoisotopic (exact) mass is 951 g/mol. The predicted octanol–water partition coefficient (Wildman–Crippen LogP) is 18.6. The molecule has 0 amide bonds. The van der Waals surface area contributed by atoms with Crippen LogP contribution in [0.5, 0.6) is 0 Å². The molecule has 3 aliphatic rings. The van der Waals surface area contributed by atoms with Crippen LogP contribution in [-0.4, -0.2) is 4.57 Å². The molecule has 11 aromatic rings. The highest BCUT2D eigenvalue weighted by Crippen LogP contribution is 2.57. The summed E-state index contributed by atoms with van der Waals surface area (Å²) in [6.07, 6.45) is 4.17. The summed E-state index contributed by atoms with van der Waals surface area (Å²) in [5.74, 6) is 0. The Morgan fingerprint density at radius 2 is 0.905 bits per heavy atom. The van der Waals surface area contributed by atoms with Crippen molar-refractivity contribution in [1.82, 2.24) is 4.57 Å². The Labute approximate surface area is 435 Å². The highest BCUT2D eigenvalue weighted by Gasteiger charge is 2.46. The summed E-state index contributed by atoms with van der Waals surface area (Å²) < 4.78 is 4.85. The van der Waals surface area contributed by atoms with Gasteiger partial charge >= 0.3 is 0 Å². The molecule has 0 N–H and O–H groups in total. The molecule has 14 rings (SSSR count). The highest BCUT2D eigenvalue weighted by atomic mass is 15.0. The van der Waals surface area contributed by atoms with Gasteiger partial charge in [-0.25, -0.2) is 0 Å². The minimum atomic E-state index is -0.128. The minimum Gasteiger partial charge on any atom is -0.309 e. The van der Waals surface area contributed by atoms with Crippen LogP contribution >= 0.6 is 0 Å². The number of aromatic nitrogens is 2. The van der Waals surface area contributed by atoms with Crippen LogP contribution < -0.4 is 4.57 Å². The molecule has 0 saturated carbocycles. The lowest BCUT2D eigenvalue weighted by Gasteiger charge is -2.35. The molecular weight excluding hydrogens is 893 g/mol. The van der Waals surface area contributed by atoms with Gasteiger partial charge in [-0.3, -0.25) is 0 Å². The van der Waals surface area contributed by atoms with Crippen LogP contribution in [-0.2, 0) is 16.2 Å². The number of fused-ring (bicyclic) bond motifs is 12. The van der Waals surface area contributed by atoms with Gasteiger partial charge in [0.2, 0.25) is 5.69 Å². The van der Waals surface area contributed by atoms with Gasteiger partial charge in [-0.15, -0.1) is 0 Å². The molecule has 2 aliphatic carbocycles. The molecular formula is C72H59N2+. The first-order valence-corrected chi connectivity index (χ1v) is 26.6. The largest absolute Gasteiger partial charge is 0.309 e. The average Bonchev–Trinajstić information content (AvgIpc) is 4.03.